The van der Waals surface area contributed by atoms with Crippen LogP contribution >= 0.6 is 11.3 Å². The SMILES string of the molecule is CN(CC(=O)Nc1ccc(OC(F)(F)F)cc1)C(=O)Cc1csc(-c2cccc(F)c2)n1. The maximum absolute atomic E-state index is 13.4. The fourth-order valence-electron chi connectivity index (χ4n) is 2.68. The van der Waals surface area contributed by atoms with Crippen molar-refractivity contribution in [3.63, 3.8) is 0 Å². The average molecular weight is 467 g/mol. The fraction of sp³-hybridized carbons (Fsp3) is 0.190. The third-order valence-electron chi connectivity index (χ3n) is 4.13. The van der Waals surface area contributed by atoms with Gasteiger partial charge in [0.05, 0.1) is 18.7 Å². The molecule has 0 atom stereocenters. The van der Waals surface area contributed by atoms with E-state index in [2.05, 4.69) is 15.0 Å². The number of aromatic nitrogens is 1. The summed E-state index contributed by atoms with van der Waals surface area (Å²) in [6.45, 7) is -0.263. The lowest BCUT2D eigenvalue weighted by Gasteiger charge is -2.16. The minimum absolute atomic E-state index is 0.0426. The van der Waals surface area contributed by atoms with Crippen LogP contribution in [0.5, 0.6) is 5.75 Å². The summed E-state index contributed by atoms with van der Waals surface area (Å²) in [5.41, 5.74) is 1.35. The Balaban J connectivity index is 1.51. The van der Waals surface area contributed by atoms with Crippen LogP contribution in [0.15, 0.2) is 53.9 Å². The molecule has 3 rings (SSSR count). The van der Waals surface area contributed by atoms with Crippen LogP contribution in [0.2, 0.25) is 0 Å². The molecular formula is C21H17F4N3O3S. The van der Waals surface area contributed by atoms with Crippen LogP contribution < -0.4 is 10.1 Å². The van der Waals surface area contributed by atoms with Gasteiger partial charge in [-0.1, -0.05) is 12.1 Å². The molecule has 1 heterocycles. The molecule has 0 fully saturated rings. The number of likely N-dealkylation sites (N-methyl/N-ethyl adjacent to an activating group) is 1. The van der Waals surface area contributed by atoms with Gasteiger partial charge in [0, 0.05) is 23.7 Å². The molecule has 32 heavy (non-hydrogen) atoms. The van der Waals surface area contributed by atoms with Gasteiger partial charge in [0.1, 0.15) is 16.6 Å². The van der Waals surface area contributed by atoms with E-state index in [1.807, 2.05) is 0 Å². The Morgan fingerprint density at radius 1 is 1.16 bits per heavy atom. The maximum Gasteiger partial charge on any atom is 0.573 e. The van der Waals surface area contributed by atoms with E-state index in [1.54, 1.807) is 17.5 Å². The van der Waals surface area contributed by atoms with Crippen molar-refractivity contribution in [1.82, 2.24) is 9.88 Å². The van der Waals surface area contributed by atoms with Crippen LogP contribution in [0, 0.1) is 5.82 Å². The lowest BCUT2D eigenvalue weighted by atomic mass is 10.2. The highest BCUT2D eigenvalue weighted by Gasteiger charge is 2.31. The molecule has 0 radical (unpaired) electrons. The second-order valence-electron chi connectivity index (χ2n) is 6.70. The number of carbonyl (C=O) groups is 2. The van der Waals surface area contributed by atoms with Crippen LogP contribution in [-0.4, -0.2) is 41.7 Å². The number of nitrogens with zero attached hydrogens (tertiary/aromatic N) is 2. The van der Waals surface area contributed by atoms with Gasteiger partial charge in [0.2, 0.25) is 11.8 Å². The van der Waals surface area contributed by atoms with Gasteiger partial charge in [0.25, 0.3) is 0 Å². The van der Waals surface area contributed by atoms with Crippen LogP contribution in [0.25, 0.3) is 10.6 Å². The molecular weight excluding hydrogens is 450 g/mol. The number of benzene rings is 2. The summed E-state index contributed by atoms with van der Waals surface area (Å²) < 4.78 is 53.7. The molecule has 2 amide bonds. The molecule has 0 saturated carbocycles. The first-order chi connectivity index (χ1) is 15.1. The molecule has 0 aliphatic rings. The number of alkyl halides is 3. The number of amides is 2. The second-order valence-corrected chi connectivity index (χ2v) is 7.56. The normalized spacial score (nSPS) is 11.2. The van der Waals surface area contributed by atoms with Gasteiger partial charge < -0.3 is 15.0 Å². The van der Waals surface area contributed by atoms with Crippen molar-refractivity contribution in [2.24, 2.45) is 0 Å². The van der Waals surface area contributed by atoms with E-state index in [4.69, 9.17) is 0 Å². The number of hydrogen-bond donors (Lipinski definition) is 1. The van der Waals surface area contributed by atoms with Crippen molar-refractivity contribution in [2.45, 2.75) is 12.8 Å². The Hall–Kier alpha value is -3.47. The van der Waals surface area contributed by atoms with E-state index in [0.29, 0.717) is 16.3 Å². The first-order valence-electron chi connectivity index (χ1n) is 9.19. The van der Waals surface area contributed by atoms with Crippen LogP contribution in [0.1, 0.15) is 5.69 Å². The Kier molecular flexibility index (Phi) is 7.08. The molecule has 0 spiro atoms. The maximum atomic E-state index is 13.4. The number of ether oxygens (including phenoxy) is 1. The molecule has 2 aromatic carbocycles. The van der Waals surface area contributed by atoms with E-state index < -0.39 is 18.0 Å². The van der Waals surface area contributed by atoms with Crippen LogP contribution in [-0.2, 0) is 16.0 Å². The van der Waals surface area contributed by atoms with E-state index in [-0.39, 0.29) is 30.4 Å². The Morgan fingerprint density at radius 2 is 1.88 bits per heavy atom. The van der Waals surface area contributed by atoms with E-state index in [1.165, 1.54) is 47.5 Å². The first-order valence-corrected chi connectivity index (χ1v) is 10.1. The molecule has 0 aliphatic heterocycles. The standard InChI is InChI=1S/C21H17F4N3O3S/c1-28(11-18(29)26-15-5-7-17(8-6-15)31-21(23,24)25)19(30)10-16-12-32-20(27-16)13-3-2-4-14(22)9-13/h2-9,12H,10-11H2,1H3,(H,26,29). The minimum atomic E-state index is -4.80. The van der Waals surface area contributed by atoms with E-state index in [9.17, 15) is 27.2 Å². The number of rotatable bonds is 7. The lowest BCUT2D eigenvalue weighted by Crippen LogP contribution is -2.35. The highest BCUT2D eigenvalue weighted by Crippen LogP contribution is 2.25. The Bertz CT molecular complexity index is 1100. The van der Waals surface area contributed by atoms with Gasteiger partial charge in [-0.05, 0) is 36.4 Å². The van der Waals surface area contributed by atoms with Crippen LogP contribution in [0.4, 0.5) is 23.2 Å². The Morgan fingerprint density at radius 3 is 2.53 bits per heavy atom. The highest BCUT2D eigenvalue weighted by molar-refractivity contribution is 7.13. The number of halogens is 4. The highest BCUT2D eigenvalue weighted by atomic mass is 32.1. The minimum Gasteiger partial charge on any atom is -0.406 e. The summed E-state index contributed by atoms with van der Waals surface area (Å²) in [6.07, 6.45) is -4.84. The van der Waals surface area contributed by atoms with Crippen molar-refractivity contribution in [3.05, 3.63) is 65.4 Å². The largest absolute Gasteiger partial charge is 0.573 e. The molecule has 6 nitrogen and oxygen atoms in total. The third-order valence-corrected chi connectivity index (χ3v) is 5.07. The monoisotopic (exact) mass is 467 g/mol. The molecule has 3 aromatic rings. The lowest BCUT2D eigenvalue weighted by molar-refractivity contribution is -0.274. The van der Waals surface area contributed by atoms with Gasteiger partial charge in [-0.2, -0.15) is 0 Å². The molecule has 0 bridgehead atoms. The second kappa shape index (κ2) is 9.77. The van der Waals surface area contributed by atoms with E-state index >= 15 is 0 Å². The molecule has 1 N–H and O–H groups in total. The predicted molar refractivity (Wildman–Crippen MR) is 111 cm³/mol. The van der Waals surface area contributed by atoms with Gasteiger partial charge >= 0.3 is 6.36 Å². The topological polar surface area (TPSA) is 71.5 Å². The smallest absolute Gasteiger partial charge is 0.406 e. The average Bonchev–Trinajstić information content (AvgIpc) is 3.17. The van der Waals surface area contributed by atoms with Gasteiger partial charge in [0.15, 0.2) is 0 Å². The summed E-state index contributed by atoms with van der Waals surface area (Å²) in [5.74, 6) is -1.68. The predicted octanol–water partition coefficient (Wildman–Crippen LogP) is 4.49. The van der Waals surface area contributed by atoms with E-state index in [0.717, 1.165) is 12.1 Å². The summed E-state index contributed by atoms with van der Waals surface area (Å²) in [4.78, 5) is 30.1. The van der Waals surface area contributed by atoms with Crippen molar-refractivity contribution in [3.8, 4) is 16.3 Å². The third kappa shape index (κ3) is 6.77. The zero-order valence-electron chi connectivity index (χ0n) is 16.6. The number of nitrogens with one attached hydrogen (secondary N) is 1. The zero-order chi connectivity index (χ0) is 23.3. The molecule has 0 aliphatic carbocycles. The van der Waals surface area contributed by atoms with Crippen molar-refractivity contribution in [1.29, 1.82) is 0 Å². The van der Waals surface area contributed by atoms with Crippen molar-refractivity contribution < 1.29 is 31.9 Å². The number of anilines is 1. The molecule has 1 aromatic heterocycles. The quantitative estimate of drug-likeness (QED) is 0.520. The first kappa shape index (κ1) is 23.2. The molecule has 0 saturated heterocycles. The van der Waals surface area contributed by atoms with Gasteiger partial charge in [-0.15, -0.1) is 24.5 Å². The summed E-state index contributed by atoms with van der Waals surface area (Å²) >= 11 is 1.28. The van der Waals surface area contributed by atoms with Crippen molar-refractivity contribution in [2.75, 3.05) is 18.9 Å². The van der Waals surface area contributed by atoms with Crippen LogP contribution in [0.3, 0.4) is 0 Å². The molecule has 11 heteroatoms. The Labute approximate surface area is 184 Å². The number of hydrogen-bond acceptors (Lipinski definition) is 5. The van der Waals surface area contributed by atoms with Gasteiger partial charge in [-0.25, -0.2) is 9.37 Å². The molecule has 168 valence electrons. The van der Waals surface area contributed by atoms with Gasteiger partial charge in [-0.3, -0.25) is 9.59 Å². The number of carbonyl (C=O) groups excluding carboxylic acids is 2. The van der Waals surface area contributed by atoms with Crippen molar-refractivity contribution >= 4 is 28.8 Å². The fourth-order valence-corrected chi connectivity index (χ4v) is 3.49. The summed E-state index contributed by atoms with van der Waals surface area (Å²) in [6, 6.07) is 10.6. The summed E-state index contributed by atoms with van der Waals surface area (Å²) in [7, 11) is 1.45. The summed E-state index contributed by atoms with van der Waals surface area (Å²) in [5, 5.41) is 4.76. The number of thiazole rings is 1. The zero-order valence-corrected chi connectivity index (χ0v) is 17.5. The molecule has 0 unspecified atom stereocenters.